The molecule has 2 rings (SSSR count). The molecule has 2 aromatic rings. The molecule has 8 heteroatoms. The van der Waals surface area contributed by atoms with Crippen molar-refractivity contribution >= 4 is 11.7 Å². The molecule has 0 amide bonds. The molecule has 0 aliphatic heterocycles. The van der Waals surface area contributed by atoms with Gasteiger partial charge in [-0.25, -0.2) is 14.5 Å². The molecule has 0 bridgehead atoms. The number of ether oxygens (including phenoxy) is 1. The molecule has 0 aliphatic rings. The van der Waals surface area contributed by atoms with Crippen LogP contribution in [0.25, 0.3) is 5.82 Å². The normalized spacial score (nSPS) is 10.2. The van der Waals surface area contributed by atoms with E-state index in [1.165, 1.54) is 35.4 Å². The molecule has 0 radical (unpaired) electrons. The van der Waals surface area contributed by atoms with E-state index in [2.05, 4.69) is 10.1 Å². The fraction of sp³-hybridized carbons (Fsp3) is 0.182. The molecular weight excluding hydrogens is 252 g/mol. The number of carbonyl (C=O) groups excluding carboxylic acids is 1. The van der Waals surface area contributed by atoms with Crippen LogP contribution in [0.4, 0.5) is 5.69 Å². The zero-order valence-corrected chi connectivity index (χ0v) is 10.0. The van der Waals surface area contributed by atoms with Gasteiger partial charge in [-0.3, -0.25) is 10.1 Å². The number of esters is 1. The predicted octanol–water partition coefficient (Wildman–Crippen LogP) is 1.35. The summed E-state index contributed by atoms with van der Waals surface area (Å²) in [5.74, 6) is -0.246. The maximum Gasteiger partial charge on any atom is 0.341 e. The van der Waals surface area contributed by atoms with Crippen molar-refractivity contribution < 1.29 is 14.5 Å². The number of pyridine rings is 1. The third-order valence-corrected chi connectivity index (χ3v) is 2.27. The molecule has 2 aromatic heterocycles. The lowest BCUT2D eigenvalue weighted by Gasteiger charge is -1.99. The number of hydrogen-bond donors (Lipinski definition) is 0. The van der Waals surface area contributed by atoms with Gasteiger partial charge in [-0.1, -0.05) is 0 Å². The van der Waals surface area contributed by atoms with Crippen LogP contribution < -0.4 is 0 Å². The summed E-state index contributed by atoms with van der Waals surface area (Å²) in [4.78, 5) is 25.5. The number of hydrogen-bond acceptors (Lipinski definition) is 6. The Hall–Kier alpha value is -2.77. The van der Waals surface area contributed by atoms with Gasteiger partial charge in [-0.15, -0.1) is 0 Å². The highest BCUT2D eigenvalue weighted by atomic mass is 16.6. The molecule has 0 atom stereocenters. The fourth-order valence-electron chi connectivity index (χ4n) is 1.41. The first-order valence-electron chi connectivity index (χ1n) is 5.44. The first-order chi connectivity index (χ1) is 9.11. The summed E-state index contributed by atoms with van der Waals surface area (Å²) < 4.78 is 6.10. The summed E-state index contributed by atoms with van der Waals surface area (Å²) >= 11 is 0. The lowest BCUT2D eigenvalue weighted by molar-refractivity contribution is -0.384. The lowest BCUT2D eigenvalue weighted by Crippen LogP contribution is -2.03. The van der Waals surface area contributed by atoms with Crippen LogP contribution >= 0.6 is 0 Å². The number of rotatable bonds is 4. The minimum atomic E-state index is -0.527. The third kappa shape index (κ3) is 2.73. The minimum Gasteiger partial charge on any atom is -0.462 e. The average Bonchev–Trinajstić information content (AvgIpc) is 2.89. The van der Waals surface area contributed by atoms with E-state index in [1.807, 2.05) is 0 Å². The molecule has 0 saturated heterocycles. The second kappa shape index (κ2) is 5.25. The SMILES string of the molecule is CCOC(=O)c1cnn(-c2cc([N+](=O)[O-])ccn2)c1. The average molecular weight is 262 g/mol. The van der Waals surface area contributed by atoms with Crippen LogP contribution in [-0.2, 0) is 4.74 Å². The van der Waals surface area contributed by atoms with Crippen LogP contribution in [0.1, 0.15) is 17.3 Å². The largest absolute Gasteiger partial charge is 0.462 e. The summed E-state index contributed by atoms with van der Waals surface area (Å²) in [5.41, 5.74) is 0.161. The standard InChI is InChI=1S/C11H10N4O4/c1-2-19-11(16)8-6-13-14(7-8)10-5-9(15(17)18)3-4-12-10/h3-7H,2H2,1H3. The van der Waals surface area contributed by atoms with Crippen molar-refractivity contribution in [1.29, 1.82) is 0 Å². The second-order valence-corrected chi connectivity index (χ2v) is 3.52. The summed E-state index contributed by atoms with van der Waals surface area (Å²) in [6, 6.07) is 2.54. The molecular formula is C11H10N4O4. The van der Waals surface area contributed by atoms with Crippen LogP contribution in [0.5, 0.6) is 0 Å². The van der Waals surface area contributed by atoms with E-state index in [0.29, 0.717) is 0 Å². The molecule has 19 heavy (non-hydrogen) atoms. The van der Waals surface area contributed by atoms with Gasteiger partial charge >= 0.3 is 5.97 Å². The summed E-state index contributed by atoms with van der Waals surface area (Å²) in [7, 11) is 0. The number of aromatic nitrogens is 3. The Bertz CT molecular complexity index is 623. The molecule has 0 aromatic carbocycles. The Labute approximate surface area is 107 Å². The van der Waals surface area contributed by atoms with E-state index in [9.17, 15) is 14.9 Å². The smallest absolute Gasteiger partial charge is 0.341 e. The zero-order valence-electron chi connectivity index (χ0n) is 10.0. The first kappa shape index (κ1) is 12.7. The Morgan fingerprint density at radius 1 is 1.58 bits per heavy atom. The van der Waals surface area contributed by atoms with Gasteiger partial charge in [-0.2, -0.15) is 5.10 Å². The van der Waals surface area contributed by atoms with E-state index >= 15 is 0 Å². The van der Waals surface area contributed by atoms with Crippen molar-refractivity contribution in [3.8, 4) is 5.82 Å². The zero-order chi connectivity index (χ0) is 13.8. The van der Waals surface area contributed by atoms with E-state index in [-0.39, 0.29) is 23.7 Å². The summed E-state index contributed by atoms with van der Waals surface area (Å²) in [5, 5.41) is 14.6. The van der Waals surface area contributed by atoms with E-state index < -0.39 is 10.9 Å². The molecule has 8 nitrogen and oxygen atoms in total. The quantitative estimate of drug-likeness (QED) is 0.468. The van der Waals surface area contributed by atoms with Gasteiger partial charge in [-0.05, 0) is 6.92 Å². The van der Waals surface area contributed by atoms with Gasteiger partial charge in [0.2, 0.25) is 0 Å². The van der Waals surface area contributed by atoms with Crippen LogP contribution in [0, 0.1) is 10.1 Å². The number of nitrogens with zero attached hydrogens (tertiary/aromatic N) is 4. The summed E-state index contributed by atoms with van der Waals surface area (Å²) in [6.45, 7) is 1.96. The monoisotopic (exact) mass is 262 g/mol. The molecule has 0 unspecified atom stereocenters. The summed E-state index contributed by atoms with van der Waals surface area (Å²) in [6.07, 6.45) is 4.03. The first-order valence-corrected chi connectivity index (χ1v) is 5.44. The highest BCUT2D eigenvalue weighted by Crippen LogP contribution is 2.14. The molecule has 0 saturated carbocycles. The van der Waals surface area contributed by atoms with Gasteiger partial charge in [0.05, 0.1) is 29.4 Å². The van der Waals surface area contributed by atoms with Gasteiger partial charge in [0.15, 0.2) is 5.82 Å². The van der Waals surface area contributed by atoms with Crippen LogP contribution in [0.3, 0.4) is 0 Å². The van der Waals surface area contributed by atoms with Crippen molar-refractivity contribution in [2.45, 2.75) is 6.92 Å². The lowest BCUT2D eigenvalue weighted by atomic mass is 10.3. The predicted molar refractivity (Wildman–Crippen MR) is 64.0 cm³/mol. The van der Waals surface area contributed by atoms with Crippen molar-refractivity contribution in [2.24, 2.45) is 0 Å². The van der Waals surface area contributed by atoms with Crippen molar-refractivity contribution in [3.63, 3.8) is 0 Å². The molecule has 0 N–H and O–H groups in total. The number of carbonyl (C=O) groups is 1. The molecule has 0 aliphatic carbocycles. The Balaban J connectivity index is 2.30. The van der Waals surface area contributed by atoms with Crippen LogP contribution in [0.15, 0.2) is 30.7 Å². The fourth-order valence-corrected chi connectivity index (χ4v) is 1.41. The Kier molecular flexibility index (Phi) is 3.51. The Morgan fingerprint density at radius 2 is 2.37 bits per heavy atom. The van der Waals surface area contributed by atoms with E-state index in [1.54, 1.807) is 6.92 Å². The van der Waals surface area contributed by atoms with Gasteiger partial charge in [0, 0.05) is 18.5 Å². The molecule has 2 heterocycles. The van der Waals surface area contributed by atoms with Gasteiger partial charge in [0.25, 0.3) is 5.69 Å². The van der Waals surface area contributed by atoms with E-state index in [4.69, 9.17) is 4.74 Å². The minimum absolute atomic E-state index is 0.0989. The highest BCUT2D eigenvalue weighted by Gasteiger charge is 2.12. The molecule has 98 valence electrons. The van der Waals surface area contributed by atoms with Crippen molar-refractivity contribution in [2.75, 3.05) is 6.61 Å². The Morgan fingerprint density at radius 3 is 3.05 bits per heavy atom. The third-order valence-electron chi connectivity index (χ3n) is 2.27. The van der Waals surface area contributed by atoms with Gasteiger partial charge < -0.3 is 4.74 Å². The maximum absolute atomic E-state index is 11.5. The number of nitro groups is 1. The van der Waals surface area contributed by atoms with Crippen molar-refractivity contribution in [1.82, 2.24) is 14.8 Å². The molecule has 0 spiro atoms. The van der Waals surface area contributed by atoms with E-state index in [0.717, 1.165) is 0 Å². The van der Waals surface area contributed by atoms with Crippen LogP contribution in [0.2, 0.25) is 0 Å². The molecule has 0 fully saturated rings. The second-order valence-electron chi connectivity index (χ2n) is 3.52. The topological polar surface area (TPSA) is 100 Å². The van der Waals surface area contributed by atoms with Crippen LogP contribution in [-0.4, -0.2) is 32.3 Å². The maximum atomic E-state index is 11.5. The highest BCUT2D eigenvalue weighted by molar-refractivity contribution is 5.88. The van der Waals surface area contributed by atoms with Gasteiger partial charge in [0.1, 0.15) is 0 Å². The van der Waals surface area contributed by atoms with Crippen molar-refractivity contribution in [3.05, 3.63) is 46.4 Å².